The Labute approximate surface area is 79.4 Å². The first-order chi connectivity index (χ1) is 6.11. The number of nitrogens with two attached hydrogens (primary N) is 1. The number of amides is 2. The summed E-state index contributed by atoms with van der Waals surface area (Å²) in [6.45, 7) is 6.14. The second kappa shape index (κ2) is 3.96. The van der Waals surface area contributed by atoms with Crippen molar-refractivity contribution in [3.8, 4) is 0 Å². The van der Waals surface area contributed by atoms with Gasteiger partial charge in [0.15, 0.2) is 0 Å². The molecule has 76 valence electrons. The minimum Gasteiger partial charge on any atom is -0.324 e. The van der Waals surface area contributed by atoms with Crippen molar-refractivity contribution >= 4 is 6.03 Å². The van der Waals surface area contributed by atoms with E-state index < -0.39 is 0 Å². The lowest BCUT2D eigenvalue weighted by atomic mass is 9.78. The monoisotopic (exact) mass is 185 g/mol. The molecule has 13 heavy (non-hydrogen) atoms. The lowest BCUT2D eigenvalue weighted by molar-refractivity contribution is 0.126. The Morgan fingerprint density at radius 3 is 2.46 bits per heavy atom. The first kappa shape index (κ1) is 10.3. The summed E-state index contributed by atoms with van der Waals surface area (Å²) in [5, 5.41) is 0. The summed E-state index contributed by atoms with van der Waals surface area (Å²) < 4.78 is 0. The van der Waals surface area contributed by atoms with Gasteiger partial charge >= 0.3 is 6.03 Å². The molecular formula is C9H19N3O. The summed E-state index contributed by atoms with van der Waals surface area (Å²) in [5.41, 5.74) is 2.59. The van der Waals surface area contributed by atoms with E-state index in [4.69, 9.17) is 5.84 Å². The van der Waals surface area contributed by atoms with Crippen LogP contribution in [0.3, 0.4) is 0 Å². The molecule has 1 fully saturated rings. The number of nitrogens with one attached hydrogen (secondary N) is 1. The fourth-order valence-electron chi connectivity index (χ4n) is 1.69. The van der Waals surface area contributed by atoms with Gasteiger partial charge in [-0.2, -0.15) is 0 Å². The molecule has 0 unspecified atom stereocenters. The van der Waals surface area contributed by atoms with Crippen LogP contribution in [-0.2, 0) is 0 Å². The molecule has 0 atom stereocenters. The molecule has 0 aromatic rings. The molecule has 0 bridgehead atoms. The van der Waals surface area contributed by atoms with Crippen molar-refractivity contribution in [2.75, 3.05) is 13.1 Å². The van der Waals surface area contributed by atoms with Gasteiger partial charge in [-0.3, -0.25) is 5.43 Å². The van der Waals surface area contributed by atoms with Crippen molar-refractivity contribution in [2.45, 2.75) is 33.1 Å². The van der Waals surface area contributed by atoms with Crippen molar-refractivity contribution in [3.63, 3.8) is 0 Å². The Kier molecular flexibility index (Phi) is 3.14. The van der Waals surface area contributed by atoms with Crippen LogP contribution in [0, 0.1) is 5.41 Å². The van der Waals surface area contributed by atoms with Gasteiger partial charge in [0.1, 0.15) is 0 Å². The quantitative estimate of drug-likeness (QED) is 0.365. The Bertz CT molecular complexity index is 185. The van der Waals surface area contributed by atoms with Gasteiger partial charge in [-0.15, -0.1) is 0 Å². The van der Waals surface area contributed by atoms with E-state index in [1.807, 2.05) is 0 Å². The minimum absolute atomic E-state index is 0.154. The van der Waals surface area contributed by atoms with E-state index in [0.717, 1.165) is 25.9 Å². The Morgan fingerprint density at radius 2 is 2.08 bits per heavy atom. The normalized spacial score (nSPS) is 21.3. The van der Waals surface area contributed by atoms with Gasteiger partial charge in [0, 0.05) is 13.1 Å². The first-order valence-electron chi connectivity index (χ1n) is 4.87. The zero-order chi connectivity index (χ0) is 9.90. The molecular weight excluding hydrogens is 166 g/mol. The summed E-state index contributed by atoms with van der Waals surface area (Å²) in [7, 11) is 0. The van der Waals surface area contributed by atoms with Crippen LogP contribution < -0.4 is 11.3 Å². The highest BCUT2D eigenvalue weighted by atomic mass is 16.2. The molecule has 0 spiro atoms. The molecule has 0 radical (unpaired) electrons. The fraction of sp³-hybridized carbons (Fsp3) is 0.889. The summed E-state index contributed by atoms with van der Waals surface area (Å²) in [6, 6.07) is -0.154. The molecule has 1 aliphatic rings. The molecule has 4 heteroatoms. The highest BCUT2D eigenvalue weighted by Gasteiger charge is 2.29. The van der Waals surface area contributed by atoms with Gasteiger partial charge in [0.05, 0.1) is 0 Å². The smallest absolute Gasteiger partial charge is 0.324 e. The SMILES string of the molecule is CCC1(C)CCN(C(=O)NN)CC1. The van der Waals surface area contributed by atoms with E-state index in [2.05, 4.69) is 19.3 Å². The third kappa shape index (κ3) is 2.34. The zero-order valence-electron chi connectivity index (χ0n) is 8.47. The van der Waals surface area contributed by atoms with E-state index in [-0.39, 0.29) is 6.03 Å². The van der Waals surface area contributed by atoms with Crippen LogP contribution in [0.15, 0.2) is 0 Å². The molecule has 2 amide bonds. The zero-order valence-corrected chi connectivity index (χ0v) is 8.47. The predicted molar refractivity (Wildman–Crippen MR) is 51.9 cm³/mol. The topological polar surface area (TPSA) is 58.4 Å². The number of urea groups is 1. The number of hydrogen-bond acceptors (Lipinski definition) is 2. The van der Waals surface area contributed by atoms with Crippen LogP contribution in [0.4, 0.5) is 4.79 Å². The van der Waals surface area contributed by atoms with E-state index in [0.29, 0.717) is 5.41 Å². The van der Waals surface area contributed by atoms with Gasteiger partial charge in [0.25, 0.3) is 0 Å². The molecule has 0 aromatic heterocycles. The van der Waals surface area contributed by atoms with Gasteiger partial charge in [0.2, 0.25) is 0 Å². The average Bonchev–Trinajstić information content (AvgIpc) is 2.18. The second-order valence-corrected chi connectivity index (χ2v) is 4.10. The van der Waals surface area contributed by atoms with Gasteiger partial charge in [-0.25, -0.2) is 10.6 Å². The number of hydrogen-bond donors (Lipinski definition) is 2. The maximum atomic E-state index is 11.2. The molecule has 1 heterocycles. The van der Waals surface area contributed by atoms with Crippen molar-refractivity contribution in [1.29, 1.82) is 0 Å². The van der Waals surface area contributed by atoms with Crippen LogP contribution >= 0.6 is 0 Å². The van der Waals surface area contributed by atoms with Gasteiger partial charge in [-0.05, 0) is 18.3 Å². The lowest BCUT2D eigenvalue weighted by Gasteiger charge is -2.38. The van der Waals surface area contributed by atoms with Crippen LogP contribution in [0.1, 0.15) is 33.1 Å². The number of hydrazine groups is 1. The molecule has 4 nitrogen and oxygen atoms in total. The van der Waals surface area contributed by atoms with Crippen LogP contribution in [0.2, 0.25) is 0 Å². The maximum Gasteiger partial charge on any atom is 0.331 e. The number of nitrogens with zero attached hydrogens (tertiary/aromatic N) is 1. The largest absolute Gasteiger partial charge is 0.331 e. The van der Waals surface area contributed by atoms with Crippen molar-refractivity contribution in [3.05, 3.63) is 0 Å². The highest BCUT2D eigenvalue weighted by Crippen LogP contribution is 2.33. The van der Waals surface area contributed by atoms with Crippen molar-refractivity contribution in [1.82, 2.24) is 10.3 Å². The maximum absolute atomic E-state index is 11.2. The number of likely N-dealkylation sites (tertiary alicyclic amines) is 1. The van der Waals surface area contributed by atoms with E-state index in [1.165, 1.54) is 6.42 Å². The molecule has 0 aromatic carbocycles. The number of carbonyl (C=O) groups is 1. The fourth-order valence-corrected chi connectivity index (χ4v) is 1.69. The molecule has 1 saturated heterocycles. The number of piperidine rings is 1. The third-order valence-corrected chi connectivity index (χ3v) is 3.23. The van der Waals surface area contributed by atoms with Crippen LogP contribution in [0.25, 0.3) is 0 Å². The third-order valence-electron chi connectivity index (χ3n) is 3.23. The molecule has 3 N–H and O–H groups in total. The Balaban J connectivity index is 2.43. The highest BCUT2D eigenvalue weighted by molar-refractivity contribution is 5.73. The van der Waals surface area contributed by atoms with Crippen LogP contribution in [0.5, 0.6) is 0 Å². The Hall–Kier alpha value is -0.770. The van der Waals surface area contributed by atoms with Gasteiger partial charge in [-0.1, -0.05) is 20.3 Å². The lowest BCUT2D eigenvalue weighted by Crippen LogP contribution is -2.48. The molecule has 1 aliphatic heterocycles. The van der Waals surface area contributed by atoms with Crippen molar-refractivity contribution in [2.24, 2.45) is 11.3 Å². The van der Waals surface area contributed by atoms with E-state index in [1.54, 1.807) is 4.90 Å². The van der Waals surface area contributed by atoms with Crippen LogP contribution in [-0.4, -0.2) is 24.0 Å². The average molecular weight is 185 g/mol. The van der Waals surface area contributed by atoms with Gasteiger partial charge < -0.3 is 4.90 Å². The first-order valence-corrected chi connectivity index (χ1v) is 4.87. The molecule has 0 saturated carbocycles. The number of rotatable bonds is 1. The predicted octanol–water partition coefficient (Wildman–Crippen LogP) is 1.08. The standard InChI is InChI=1S/C9H19N3O/c1-3-9(2)4-6-12(7-5-9)8(13)11-10/h3-7,10H2,1-2H3,(H,11,13). The Morgan fingerprint density at radius 1 is 1.54 bits per heavy atom. The molecule has 1 rings (SSSR count). The second-order valence-electron chi connectivity index (χ2n) is 4.10. The van der Waals surface area contributed by atoms with E-state index >= 15 is 0 Å². The summed E-state index contributed by atoms with van der Waals surface area (Å²) in [5.74, 6) is 5.06. The summed E-state index contributed by atoms with van der Waals surface area (Å²) in [6.07, 6.45) is 3.35. The molecule has 0 aliphatic carbocycles. The minimum atomic E-state index is -0.154. The van der Waals surface area contributed by atoms with Crippen molar-refractivity contribution < 1.29 is 4.79 Å². The number of carbonyl (C=O) groups excluding carboxylic acids is 1. The summed E-state index contributed by atoms with van der Waals surface area (Å²) in [4.78, 5) is 12.9. The van der Waals surface area contributed by atoms with E-state index in [9.17, 15) is 4.79 Å². The summed E-state index contributed by atoms with van der Waals surface area (Å²) >= 11 is 0.